The Morgan fingerprint density at radius 2 is 2.28 bits per heavy atom. The molecule has 1 saturated heterocycles. The number of ether oxygens (including phenoxy) is 1. The molecule has 1 aliphatic heterocycles. The van der Waals surface area contributed by atoms with Gasteiger partial charge in [-0.25, -0.2) is 9.50 Å². The highest BCUT2D eigenvalue weighted by Crippen LogP contribution is 2.58. The van der Waals surface area contributed by atoms with E-state index in [0.29, 0.717) is 6.42 Å². The maximum atomic E-state index is 10.1. The van der Waals surface area contributed by atoms with E-state index in [9.17, 15) is 5.26 Å². The summed E-state index contributed by atoms with van der Waals surface area (Å²) >= 11 is 1.58. The predicted octanol–water partition coefficient (Wildman–Crippen LogP) is 4.20. The standard InChI is InChI=1S/C19H24N4OS/c1-6-10-19(18(4,11-20)13(3)15(7-2)24-19)16-9-8-14-17(25-5)21-12-22-23(14)16/h6,8-9,12-13,15H,1,7,10H2,2-5H3/t13-,15-,18-,19+/m1/s1. The summed E-state index contributed by atoms with van der Waals surface area (Å²) in [6.07, 6.45) is 6.85. The lowest BCUT2D eigenvalue weighted by Gasteiger charge is -2.38. The van der Waals surface area contributed by atoms with Crippen molar-refractivity contribution in [1.82, 2.24) is 14.6 Å². The van der Waals surface area contributed by atoms with Crippen LogP contribution in [-0.2, 0) is 10.3 Å². The van der Waals surface area contributed by atoms with Crippen molar-refractivity contribution in [2.45, 2.75) is 50.3 Å². The number of nitriles is 1. The molecule has 25 heavy (non-hydrogen) atoms. The van der Waals surface area contributed by atoms with E-state index in [1.807, 2.05) is 35.9 Å². The molecule has 1 aliphatic rings. The van der Waals surface area contributed by atoms with Gasteiger partial charge in [0.15, 0.2) is 0 Å². The first kappa shape index (κ1) is 18.0. The summed E-state index contributed by atoms with van der Waals surface area (Å²) in [5.41, 5.74) is 0.373. The van der Waals surface area contributed by atoms with Crippen LogP contribution in [0.4, 0.5) is 0 Å². The smallest absolute Gasteiger partial charge is 0.137 e. The van der Waals surface area contributed by atoms with Crippen molar-refractivity contribution in [3.63, 3.8) is 0 Å². The maximum Gasteiger partial charge on any atom is 0.137 e. The van der Waals surface area contributed by atoms with Gasteiger partial charge in [0, 0.05) is 12.3 Å². The van der Waals surface area contributed by atoms with Gasteiger partial charge in [-0.3, -0.25) is 0 Å². The van der Waals surface area contributed by atoms with Crippen LogP contribution < -0.4 is 0 Å². The van der Waals surface area contributed by atoms with Crippen LogP contribution in [-0.4, -0.2) is 27.0 Å². The number of nitrogens with zero attached hydrogens (tertiary/aromatic N) is 4. The van der Waals surface area contributed by atoms with Crippen molar-refractivity contribution < 1.29 is 4.74 Å². The van der Waals surface area contributed by atoms with E-state index in [1.165, 1.54) is 0 Å². The molecule has 0 saturated carbocycles. The summed E-state index contributed by atoms with van der Waals surface area (Å²) in [5, 5.41) is 15.5. The number of hydrogen-bond donors (Lipinski definition) is 0. The zero-order chi connectivity index (χ0) is 18.2. The van der Waals surface area contributed by atoms with Crippen LogP contribution in [0.1, 0.15) is 39.3 Å². The summed E-state index contributed by atoms with van der Waals surface area (Å²) in [6.45, 7) is 10.2. The van der Waals surface area contributed by atoms with Gasteiger partial charge in [-0.05, 0) is 31.7 Å². The highest BCUT2D eigenvalue weighted by Gasteiger charge is 2.62. The van der Waals surface area contributed by atoms with Crippen molar-refractivity contribution in [2.75, 3.05) is 6.26 Å². The van der Waals surface area contributed by atoms with Crippen LogP contribution in [0.3, 0.4) is 0 Å². The summed E-state index contributed by atoms with van der Waals surface area (Å²) in [5.74, 6) is 0.106. The van der Waals surface area contributed by atoms with Gasteiger partial charge >= 0.3 is 0 Å². The van der Waals surface area contributed by atoms with Crippen molar-refractivity contribution in [1.29, 1.82) is 5.26 Å². The molecule has 4 atom stereocenters. The average Bonchev–Trinajstić information content (AvgIpc) is 3.16. The van der Waals surface area contributed by atoms with Gasteiger partial charge in [-0.1, -0.05) is 19.9 Å². The first-order valence-corrected chi connectivity index (χ1v) is 9.78. The lowest BCUT2D eigenvalue weighted by Crippen LogP contribution is -2.43. The van der Waals surface area contributed by atoms with Crippen molar-refractivity contribution in [3.05, 3.63) is 36.8 Å². The van der Waals surface area contributed by atoms with Gasteiger partial charge in [-0.2, -0.15) is 10.4 Å². The van der Waals surface area contributed by atoms with E-state index < -0.39 is 11.0 Å². The van der Waals surface area contributed by atoms with Gasteiger partial charge in [0.25, 0.3) is 0 Å². The average molecular weight is 356 g/mol. The molecular formula is C19H24N4OS. The Bertz CT molecular complexity index is 842. The second kappa shape index (κ2) is 6.47. The predicted molar refractivity (Wildman–Crippen MR) is 99.3 cm³/mol. The topological polar surface area (TPSA) is 63.2 Å². The molecule has 0 radical (unpaired) electrons. The molecule has 0 amide bonds. The van der Waals surface area contributed by atoms with Crippen LogP contribution >= 0.6 is 11.8 Å². The van der Waals surface area contributed by atoms with Gasteiger partial charge < -0.3 is 4.74 Å². The highest BCUT2D eigenvalue weighted by atomic mass is 32.2. The highest BCUT2D eigenvalue weighted by molar-refractivity contribution is 7.98. The first-order valence-electron chi connectivity index (χ1n) is 8.56. The van der Waals surface area contributed by atoms with Gasteiger partial charge in [0.2, 0.25) is 0 Å². The van der Waals surface area contributed by atoms with Crippen molar-refractivity contribution in [2.24, 2.45) is 11.3 Å². The van der Waals surface area contributed by atoms with Crippen LogP contribution in [0.15, 0.2) is 36.1 Å². The summed E-state index contributed by atoms with van der Waals surface area (Å²) in [4.78, 5) is 4.34. The zero-order valence-corrected chi connectivity index (χ0v) is 16.0. The van der Waals surface area contributed by atoms with Gasteiger partial charge in [0.1, 0.15) is 17.0 Å². The van der Waals surface area contributed by atoms with Gasteiger partial charge in [-0.15, -0.1) is 18.3 Å². The second-order valence-electron chi connectivity index (χ2n) is 6.77. The minimum Gasteiger partial charge on any atom is -0.363 e. The Morgan fingerprint density at radius 1 is 1.52 bits per heavy atom. The molecule has 0 unspecified atom stereocenters. The molecule has 3 heterocycles. The molecule has 5 nitrogen and oxygen atoms in total. The van der Waals surface area contributed by atoms with Crippen molar-refractivity contribution in [3.8, 4) is 6.07 Å². The Hall–Kier alpha value is -1.84. The van der Waals surface area contributed by atoms with E-state index in [1.54, 1.807) is 18.1 Å². The number of fused-ring (bicyclic) bond motifs is 1. The largest absolute Gasteiger partial charge is 0.363 e. The Balaban J connectivity index is 2.30. The Kier molecular flexibility index (Phi) is 4.65. The van der Waals surface area contributed by atoms with E-state index in [-0.39, 0.29) is 12.0 Å². The fourth-order valence-electron chi connectivity index (χ4n) is 4.12. The molecule has 6 heteroatoms. The van der Waals surface area contributed by atoms with E-state index >= 15 is 0 Å². The molecule has 132 valence electrons. The normalized spacial score (nSPS) is 32.0. The fourth-order valence-corrected chi connectivity index (χ4v) is 4.64. The molecule has 2 aromatic heterocycles. The summed E-state index contributed by atoms with van der Waals surface area (Å²) in [7, 11) is 0. The number of aromatic nitrogens is 3. The van der Waals surface area contributed by atoms with Gasteiger partial charge in [0.05, 0.1) is 28.8 Å². The van der Waals surface area contributed by atoms with Crippen LogP contribution in [0, 0.1) is 22.7 Å². The molecule has 1 fully saturated rings. The molecule has 0 spiro atoms. The minimum absolute atomic E-state index is 0.0250. The lowest BCUT2D eigenvalue weighted by atomic mass is 9.65. The molecule has 0 N–H and O–H groups in total. The number of rotatable bonds is 5. The molecule has 2 aromatic rings. The monoisotopic (exact) mass is 356 g/mol. The van der Waals surface area contributed by atoms with E-state index in [4.69, 9.17) is 4.74 Å². The fraction of sp³-hybridized carbons (Fsp3) is 0.526. The Morgan fingerprint density at radius 3 is 2.88 bits per heavy atom. The first-order chi connectivity index (χ1) is 12.0. The quantitative estimate of drug-likeness (QED) is 0.593. The van der Waals surface area contributed by atoms with Crippen molar-refractivity contribution >= 4 is 17.3 Å². The minimum atomic E-state index is -0.778. The van der Waals surface area contributed by atoms with E-state index in [0.717, 1.165) is 22.7 Å². The lowest BCUT2D eigenvalue weighted by molar-refractivity contribution is -0.0790. The summed E-state index contributed by atoms with van der Waals surface area (Å²) < 4.78 is 8.48. The number of thioether (sulfide) groups is 1. The maximum absolute atomic E-state index is 10.1. The molecule has 0 aromatic carbocycles. The third kappa shape index (κ3) is 2.33. The third-order valence-corrected chi connectivity index (χ3v) is 6.45. The van der Waals surface area contributed by atoms with Crippen LogP contribution in [0.2, 0.25) is 0 Å². The SMILES string of the molecule is C=CC[C@@]1(c2ccc3c(SC)ncnn23)O[C@H](CC)[C@@H](C)[C@@]1(C)C#N. The zero-order valence-electron chi connectivity index (χ0n) is 15.2. The Labute approximate surface area is 153 Å². The molecular weight excluding hydrogens is 332 g/mol. The van der Waals surface area contributed by atoms with E-state index in [2.05, 4.69) is 36.6 Å². The third-order valence-electron chi connectivity index (χ3n) is 5.75. The molecule has 0 aliphatic carbocycles. The molecule has 0 bridgehead atoms. The summed E-state index contributed by atoms with van der Waals surface area (Å²) in [6, 6.07) is 6.61. The van der Waals surface area contributed by atoms with Crippen LogP contribution in [0.5, 0.6) is 0 Å². The van der Waals surface area contributed by atoms with Crippen LogP contribution in [0.25, 0.3) is 5.52 Å². The second-order valence-corrected chi connectivity index (χ2v) is 7.57. The molecule has 3 rings (SSSR count). The number of hydrogen-bond acceptors (Lipinski definition) is 5.